The highest BCUT2D eigenvalue weighted by molar-refractivity contribution is 5.05. The molecule has 0 aromatic carbocycles. The van der Waals surface area contributed by atoms with Gasteiger partial charge in [-0.05, 0) is 31.1 Å². The zero-order valence-electron chi connectivity index (χ0n) is 11.1. The Balaban J connectivity index is 1.93. The molecule has 0 unspecified atom stereocenters. The molecule has 0 bridgehead atoms. The van der Waals surface area contributed by atoms with E-state index in [2.05, 4.69) is 0 Å². The van der Waals surface area contributed by atoms with Crippen LogP contribution in [0.4, 0.5) is 0 Å². The SMILES string of the molecule is COC1(CO)CCC2(CC1)CC(OC)(OC)C2. The van der Waals surface area contributed by atoms with Gasteiger partial charge in [-0.2, -0.15) is 0 Å². The van der Waals surface area contributed by atoms with Crippen LogP contribution in [0.3, 0.4) is 0 Å². The fourth-order valence-electron chi connectivity index (χ4n) is 3.48. The first-order valence-corrected chi connectivity index (χ1v) is 6.34. The van der Waals surface area contributed by atoms with Gasteiger partial charge in [-0.15, -0.1) is 0 Å². The summed E-state index contributed by atoms with van der Waals surface area (Å²) < 4.78 is 16.4. The van der Waals surface area contributed by atoms with Crippen LogP contribution in [0, 0.1) is 5.41 Å². The molecule has 4 nitrogen and oxygen atoms in total. The van der Waals surface area contributed by atoms with E-state index in [-0.39, 0.29) is 18.0 Å². The molecule has 17 heavy (non-hydrogen) atoms. The highest BCUT2D eigenvalue weighted by atomic mass is 16.7. The van der Waals surface area contributed by atoms with Gasteiger partial charge < -0.3 is 19.3 Å². The number of ether oxygens (including phenoxy) is 3. The predicted octanol–water partition coefficient (Wildman–Crippen LogP) is 1.71. The van der Waals surface area contributed by atoms with Gasteiger partial charge in [0.1, 0.15) is 0 Å². The first kappa shape index (κ1) is 13.3. The van der Waals surface area contributed by atoms with Crippen molar-refractivity contribution in [2.75, 3.05) is 27.9 Å². The van der Waals surface area contributed by atoms with E-state index in [1.807, 2.05) is 0 Å². The fraction of sp³-hybridized carbons (Fsp3) is 1.00. The van der Waals surface area contributed by atoms with E-state index in [4.69, 9.17) is 14.2 Å². The average Bonchev–Trinajstić information content (AvgIpc) is 2.36. The molecule has 0 amide bonds. The summed E-state index contributed by atoms with van der Waals surface area (Å²) in [5.41, 5.74) is 0.0485. The van der Waals surface area contributed by atoms with Crippen molar-refractivity contribution >= 4 is 0 Å². The average molecular weight is 244 g/mol. The zero-order valence-corrected chi connectivity index (χ0v) is 11.1. The minimum absolute atomic E-state index is 0.124. The predicted molar refractivity (Wildman–Crippen MR) is 63.7 cm³/mol. The van der Waals surface area contributed by atoms with Crippen LogP contribution in [-0.4, -0.2) is 44.4 Å². The summed E-state index contributed by atoms with van der Waals surface area (Å²) in [5.74, 6) is -0.355. The van der Waals surface area contributed by atoms with Crippen LogP contribution < -0.4 is 0 Å². The van der Waals surface area contributed by atoms with Crippen LogP contribution in [0.2, 0.25) is 0 Å². The number of aliphatic hydroxyl groups excluding tert-OH is 1. The van der Waals surface area contributed by atoms with Crippen LogP contribution in [0.15, 0.2) is 0 Å². The second kappa shape index (κ2) is 4.50. The lowest BCUT2D eigenvalue weighted by molar-refractivity contribution is -0.307. The Bertz CT molecular complexity index is 249. The maximum absolute atomic E-state index is 9.42. The normalized spacial score (nSPS) is 28.9. The van der Waals surface area contributed by atoms with Gasteiger partial charge >= 0.3 is 0 Å². The van der Waals surface area contributed by atoms with Crippen LogP contribution in [0.1, 0.15) is 38.5 Å². The van der Waals surface area contributed by atoms with Crippen LogP contribution in [0.25, 0.3) is 0 Å². The maximum atomic E-state index is 9.42. The standard InChI is InChI=1S/C13H24O4/c1-15-12(10-14)6-4-11(5-7-12)8-13(9-11,16-2)17-3/h14H,4-10H2,1-3H3. The molecule has 1 spiro atoms. The molecule has 0 saturated heterocycles. The van der Waals surface area contributed by atoms with Crippen molar-refractivity contribution < 1.29 is 19.3 Å². The lowest BCUT2D eigenvalue weighted by Gasteiger charge is -2.58. The zero-order chi connectivity index (χ0) is 12.6. The second-order valence-electron chi connectivity index (χ2n) is 5.72. The van der Waals surface area contributed by atoms with Crippen molar-refractivity contribution in [3.63, 3.8) is 0 Å². The summed E-state index contributed by atoms with van der Waals surface area (Å²) in [6.07, 6.45) is 6.00. The molecule has 0 aromatic rings. The third-order valence-corrected chi connectivity index (χ3v) is 4.98. The van der Waals surface area contributed by atoms with Crippen LogP contribution in [0.5, 0.6) is 0 Å². The monoisotopic (exact) mass is 244 g/mol. The van der Waals surface area contributed by atoms with Gasteiger partial charge in [-0.1, -0.05) is 0 Å². The number of hydrogen-bond donors (Lipinski definition) is 1. The van der Waals surface area contributed by atoms with Gasteiger partial charge in [-0.3, -0.25) is 0 Å². The lowest BCUT2D eigenvalue weighted by Crippen LogP contribution is -2.57. The van der Waals surface area contributed by atoms with E-state index in [1.165, 1.54) is 0 Å². The summed E-state index contributed by atoms with van der Waals surface area (Å²) in [6.45, 7) is 0.124. The minimum Gasteiger partial charge on any atom is -0.393 e. The van der Waals surface area contributed by atoms with E-state index in [9.17, 15) is 5.11 Å². The van der Waals surface area contributed by atoms with Crippen molar-refractivity contribution in [3.05, 3.63) is 0 Å². The molecule has 100 valence electrons. The van der Waals surface area contributed by atoms with Crippen molar-refractivity contribution in [1.29, 1.82) is 0 Å². The van der Waals surface area contributed by atoms with Crippen LogP contribution in [-0.2, 0) is 14.2 Å². The van der Waals surface area contributed by atoms with Crippen molar-refractivity contribution in [3.8, 4) is 0 Å². The molecule has 0 heterocycles. The molecule has 4 heteroatoms. The fourth-order valence-corrected chi connectivity index (χ4v) is 3.48. The summed E-state index contributed by atoms with van der Waals surface area (Å²) in [4.78, 5) is 0. The van der Waals surface area contributed by atoms with E-state index >= 15 is 0 Å². The van der Waals surface area contributed by atoms with E-state index in [0.29, 0.717) is 5.41 Å². The van der Waals surface area contributed by atoms with Gasteiger partial charge in [0, 0.05) is 34.2 Å². The first-order chi connectivity index (χ1) is 8.07. The van der Waals surface area contributed by atoms with Crippen molar-refractivity contribution in [2.45, 2.75) is 49.9 Å². The Morgan fingerprint density at radius 1 is 0.882 bits per heavy atom. The van der Waals surface area contributed by atoms with Gasteiger partial charge in [0.15, 0.2) is 5.79 Å². The molecular weight excluding hydrogens is 220 g/mol. The number of methoxy groups -OCH3 is 3. The Hall–Kier alpha value is -0.160. The number of rotatable bonds is 4. The van der Waals surface area contributed by atoms with Crippen molar-refractivity contribution in [1.82, 2.24) is 0 Å². The Labute approximate surface area is 103 Å². The van der Waals surface area contributed by atoms with Gasteiger partial charge in [0.25, 0.3) is 0 Å². The Morgan fingerprint density at radius 3 is 1.76 bits per heavy atom. The number of hydrogen-bond acceptors (Lipinski definition) is 4. The summed E-state index contributed by atoms with van der Waals surface area (Å²) in [5, 5.41) is 9.42. The second-order valence-corrected chi connectivity index (χ2v) is 5.72. The molecule has 0 aliphatic heterocycles. The molecule has 0 atom stereocenters. The minimum atomic E-state index is -0.355. The summed E-state index contributed by atoms with van der Waals surface area (Å²) >= 11 is 0. The van der Waals surface area contributed by atoms with E-state index in [0.717, 1.165) is 38.5 Å². The largest absolute Gasteiger partial charge is 0.393 e. The first-order valence-electron chi connectivity index (χ1n) is 6.34. The quantitative estimate of drug-likeness (QED) is 0.765. The lowest BCUT2D eigenvalue weighted by atomic mass is 9.55. The highest BCUT2D eigenvalue weighted by Gasteiger charge is 2.58. The molecule has 1 N–H and O–H groups in total. The molecule has 2 rings (SSSR count). The van der Waals surface area contributed by atoms with E-state index in [1.54, 1.807) is 21.3 Å². The van der Waals surface area contributed by atoms with Gasteiger partial charge in [-0.25, -0.2) is 0 Å². The molecule has 2 aliphatic rings. The van der Waals surface area contributed by atoms with E-state index < -0.39 is 0 Å². The smallest absolute Gasteiger partial charge is 0.168 e. The summed E-state index contributed by atoms with van der Waals surface area (Å²) in [6, 6.07) is 0. The third-order valence-electron chi connectivity index (χ3n) is 4.98. The van der Waals surface area contributed by atoms with Gasteiger partial charge in [0.2, 0.25) is 0 Å². The van der Waals surface area contributed by atoms with Crippen LogP contribution >= 0.6 is 0 Å². The molecule has 2 aliphatic carbocycles. The Kier molecular flexibility index (Phi) is 3.51. The molecule has 2 fully saturated rings. The Morgan fingerprint density at radius 2 is 1.41 bits per heavy atom. The highest BCUT2D eigenvalue weighted by Crippen LogP contribution is 2.59. The maximum Gasteiger partial charge on any atom is 0.168 e. The number of aliphatic hydroxyl groups is 1. The molecule has 2 saturated carbocycles. The molecular formula is C13H24O4. The topological polar surface area (TPSA) is 47.9 Å². The third kappa shape index (κ3) is 2.12. The van der Waals surface area contributed by atoms with Gasteiger partial charge in [0.05, 0.1) is 12.2 Å². The summed E-state index contributed by atoms with van der Waals surface area (Å²) in [7, 11) is 5.13. The van der Waals surface area contributed by atoms with Crippen molar-refractivity contribution in [2.24, 2.45) is 5.41 Å². The molecule has 0 radical (unpaired) electrons. The molecule has 0 aromatic heterocycles.